The van der Waals surface area contributed by atoms with Gasteiger partial charge in [-0.25, -0.2) is 4.98 Å². The maximum atomic E-state index is 11.0. The molecule has 22 heavy (non-hydrogen) atoms. The first-order valence-corrected chi connectivity index (χ1v) is 9.50. The lowest BCUT2D eigenvalue weighted by molar-refractivity contribution is 0.0617. The summed E-state index contributed by atoms with van der Waals surface area (Å²) in [5, 5.41) is 11.0. The Morgan fingerprint density at radius 1 is 1.36 bits per heavy atom. The van der Waals surface area contributed by atoms with Gasteiger partial charge in [-0.15, -0.1) is 11.3 Å². The first-order valence-electron chi connectivity index (χ1n) is 8.69. The molecule has 4 rings (SSSR count). The van der Waals surface area contributed by atoms with E-state index in [4.69, 9.17) is 0 Å². The third kappa shape index (κ3) is 2.50. The summed E-state index contributed by atoms with van der Waals surface area (Å²) >= 11 is 1.83. The largest absolute Gasteiger partial charge is 0.387 e. The van der Waals surface area contributed by atoms with Gasteiger partial charge in [0.15, 0.2) is 0 Å². The zero-order valence-corrected chi connectivity index (χ0v) is 14.4. The van der Waals surface area contributed by atoms with E-state index >= 15 is 0 Å². The van der Waals surface area contributed by atoms with Gasteiger partial charge in [0.05, 0.1) is 18.0 Å². The van der Waals surface area contributed by atoms with Gasteiger partial charge in [0, 0.05) is 4.88 Å². The second kappa shape index (κ2) is 5.34. The van der Waals surface area contributed by atoms with Crippen LogP contribution in [-0.2, 0) is 0 Å². The minimum atomic E-state index is -0.346. The lowest BCUT2D eigenvalue weighted by atomic mass is 9.67. The predicted octanol–water partition coefficient (Wildman–Crippen LogP) is 4.91. The van der Waals surface area contributed by atoms with Crippen LogP contribution in [0.25, 0.3) is 4.83 Å². The van der Waals surface area contributed by atoms with Gasteiger partial charge in [0.2, 0.25) is 0 Å². The minimum absolute atomic E-state index is 0.346. The fourth-order valence-electron chi connectivity index (χ4n) is 4.17. The molecule has 2 aromatic heterocycles. The number of imidazole rings is 1. The van der Waals surface area contributed by atoms with E-state index in [9.17, 15) is 5.11 Å². The van der Waals surface area contributed by atoms with Crippen LogP contribution in [-0.4, -0.2) is 14.5 Å². The molecule has 2 aromatic rings. The number of aliphatic hydroxyl groups is 1. The summed E-state index contributed by atoms with van der Waals surface area (Å²) in [6.07, 6.45) is 12.1. The van der Waals surface area contributed by atoms with Gasteiger partial charge in [0.25, 0.3) is 0 Å². The maximum absolute atomic E-state index is 11.0. The van der Waals surface area contributed by atoms with E-state index in [0.717, 1.165) is 12.1 Å². The highest BCUT2D eigenvalue weighted by Crippen LogP contribution is 2.49. The van der Waals surface area contributed by atoms with Crippen molar-refractivity contribution in [2.45, 2.75) is 70.8 Å². The molecule has 2 unspecified atom stereocenters. The Balaban J connectivity index is 1.63. The molecular weight excluding hydrogens is 292 g/mol. The molecule has 0 amide bonds. The van der Waals surface area contributed by atoms with Gasteiger partial charge in [-0.1, -0.05) is 26.7 Å². The molecule has 3 nitrogen and oxygen atoms in total. The standard InChI is InChI=1S/C18H26N2OS/c1-18(2)8-4-3-5-13(18)9-14(21)16-17(12-6-7-12)22-15-10-19-11-20(15)16/h10-14,21H,3-9H2,1-2H3. The molecule has 0 saturated heterocycles. The number of hydrogen-bond acceptors (Lipinski definition) is 3. The van der Waals surface area contributed by atoms with Crippen molar-refractivity contribution in [3.8, 4) is 0 Å². The van der Waals surface area contributed by atoms with Crippen LogP contribution in [0.2, 0.25) is 0 Å². The van der Waals surface area contributed by atoms with Crippen molar-refractivity contribution < 1.29 is 5.11 Å². The molecule has 2 aliphatic rings. The maximum Gasteiger partial charge on any atom is 0.120 e. The van der Waals surface area contributed by atoms with Gasteiger partial charge in [-0.2, -0.15) is 0 Å². The van der Waals surface area contributed by atoms with Gasteiger partial charge < -0.3 is 5.11 Å². The zero-order chi connectivity index (χ0) is 15.3. The fraction of sp³-hybridized carbons (Fsp3) is 0.722. The number of nitrogens with zero attached hydrogens (tertiary/aromatic N) is 2. The molecule has 0 aromatic carbocycles. The van der Waals surface area contributed by atoms with Crippen LogP contribution >= 0.6 is 11.3 Å². The molecule has 0 aliphatic heterocycles. The quantitative estimate of drug-likeness (QED) is 0.869. The number of thiazole rings is 1. The minimum Gasteiger partial charge on any atom is -0.387 e. The molecule has 1 N–H and O–H groups in total. The molecule has 2 atom stereocenters. The highest BCUT2D eigenvalue weighted by atomic mass is 32.1. The van der Waals surface area contributed by atoms with E-state index in [2.05, 4.69) is 23.2 Å². The molecule has 2 aliphatic carbocycles. The molecule has 0 radical (unpaired) electrons. The van der Waals surface area contributed by atoms with Crippen LogP contribution in [0, 0.1) is 11.3 Å². The summed E-state index contributed by atoms with van der Waals surface area (Å²) in [6, 6.07) is 0. The highest BCUT2D eigenvalue weighted by Gasteiger charge is 2.37. The number of fused-ring (bicyclic) bond motifs is 1. The van der Waals surface area contributed by atoms with Crippen molar-refractivity contribution in [1.29, 1.82) is 0 Å². The van der Waals surface area contributed by atoms with E-state index < -0.39 is 0 Å². The summed E-state index contributed by atoms with van der Waals surface area (Å²) in [5.41, 5.74) is 1.50. The third-order valence-electron chi connectivity index (χ3n) is 5.83. The van der Waals surface area contributed by atoms with Crippen molar-refractivity contribution >= 4 is 16.2 Å². The topological polar surface area (TPSA) is 37.5 Å². The number of rotatable bonds is 4. The van der Waals surface area contributed by atoms with Crippen LogP contribution < -0.4 is 0 Å². The zero-order valence-electron chi connectivity index (χ0n) is 13.6. The Hall–Kier alpha value is -0.870. The Labute approximate surface area is 136 Å². The highest BCUT2D eigenvalue weighted by molar-refractivity contribution is 7.17. The summed E-state index contributed by atoms with van der Waals surface area (Å²) < 4.78 is 2.14. The summed E-state index contributed by atoms with van der Waals surface area (Å²) in [5.74, 6) is 1.32. The van der Waals surface area contributed by atoms with Crippen molar-refractivity contribution in [2.75, 3.05) is 0 Å². The molecular formula is C18H26N2OS. The first-order chi connectivity index (χ1) is 10.6. The Bertz CT molecular complexity index is 668. The molecule has 2 fully saturated rings. The van der Waals surface area contributed by atoms with Gasteiger partial charge in [0.1, 0.15) is 11.2 Å². The average molecular weight is 318 g/mol. The van der Waals surface area contributed by atoms with Crippen LogP contribution in [0.3, 0.4) is 0 Å². The van der Waals surface area contributed by atoms with Gasteiger partial charge in [-0.3, -0.25) is 4.40 Å². The van der Waals surface area contributed by atoms with E-state index in [1.165, 1.54) is 48.2 Å². The SMILES string of the molecule is CC1(C)CCCCC1CC(O)c1c(C2CC2)sc2cncn12. The second-order valence-electron chi connectivity index (χ2n) is 7.91. The number of hydrogen-bond donors (Lipinski definition) is 1. The van der Waals surface area contributed by atoms with Crippen LogP contribution in [0.15, 0.2) is 12.5 Å². The Morgan fingerprint density at radius 2 is 2.18 bits per heavy atom. The van der Waals surface area contributed by atoms with Gasteiger partial charge in [-0.05, 0) is 49.4 Å². The van der Waals surface area contributed by atoms with Crippen molar-refractivity contribution in [1.82, 2.24) is 9.38 Å². The predicted molar refractivity (Wildman–Crippen MR) is 90.4 cm³/mol. The van der Waals surface area contributed by atoms with Gasteiger partial charge >= 0.3 is 0 Å². The van der Waals surface area contributed by atoms with E-state index in [1.807, 2.05) is 23.9 Å². The summed E-state index contributed by atoms with van der Waals surface area (Å²) in [7, 11) is 0. The molecule has 2 heterocycles. The summed E-state index contributed by atoms with van der Waals surface area (Å²) in [4.78, 5) is 6.86. The second-order valence-corrected chi connectivity index (χ2v) is 8.97. The molecule has 0 bridgehead atoms. The number of aromatic nitrogens is 2. The van der Waals surface area contributed by atoms with Crippen molar-refractivity contribution in [2.24, 2.45) is 11.3 Å². The van der Waals surface area contributed by atoms with E-state index in [0.29, 0.717) is 17.3 Å². The monoisotopic (exact) mass is 318 g/mol. The molecule has 120 valence electrons. The lowest BCUT2D eigenvalue weighted by Crippen LogP contribution is -2.29. The average Bonchev–Trinajstić information content (AvgIpc) is 3.10. The fourth-order valence-corrected chi connectivity index (χ4v) is 5.49. The van der Waals surface area contributed by atoms with Crippen molar-refractivity contribution in [3.63, 3.8) is 0 Å². The first kappa shape index (κ1) is 14.7. The van der Waals surface area contributed by atoms with Crippen molar-refractivity contribution in [3.05, 3.63) is 23.1 Å². The van der Waals surface area contributed by atoms with Crippen LogP contribution in [0.4, 0.5) is 0 Å². The smallest absolute Gasteiger partial charge is 0.120 e. The van der Waals surface area contributed by atoms with Crippen LogP contribution in [0.5, 0.6) is 0 Å². The summed E-state index contributed by atoms with van der Waals surface area (Å²) in [6.45, 7) is 4.76. The Kier molecular flexibility index (Phi) is 3.57. The van der Waals surface area contributed by atoms with Crippen LogP contribution in [0.1, 0.15) is 81.4 Å². The Morgan fingerprint density at radius 3 is 2.91 bits per heavy atom. The third-order valence-corrected chi connectivity index (χ3v) is 7.11. The molecule has 2 saturated carbocycles. The molecule has 4 heteroatoms. The normalized spacial score (nSPS) is 26.4. The lowest BCUT2D eigenvalue weighted by Gasteiger charge is -2.39. The van der Waals surface area contributed by atoms with E-state index in [1.54, 1.807) is 0 Å². The molecule has 0 spiro atoms. The number of aliphatic hydroxyl groups excluding tert-OH is 1. The van der Waals surface area contributed by atoms with E-state index in [-0.39, 0.29) is 6.10 Å².